The second-order valence-corrected chi connectivity index (χ2v) is 14.3. The quantitative estimate of drug-likeness (QED) is 0.0779. The van der Waals surface area contributed by atoms with E-state index in [4.69, 9.17) is 14.5 Å². The molecule has 1 aliphatic rings. The van der Waals surface area contributed by atoms with E-state index in [2.05, 4.69) is 165 Å². The van der Waals surface area contributed by atoms with E-state index in [1.54, 1.807) is 0 Å². The summed E-state index contributed by atoms with van der Waals surface area (Å²) in [5.74, 6) is -0.370. The molecule has 0 bridgehead atoms. The molecule has 0 saturated carbocycles. The molecule has 0 aromatic heterocycles. The first-order chi connectivity index (χ1) is 20.2. The van der Waals surface area contributed by atoms with Crippen LogP contribution < -0.4 is 19.7 Å². The summed E-state index contributed by atoms with van der Waals surface area (Å²) in [6.45, 7) is 10.3. The van der Waals surface area contributed by atoms with Gasteiger partial charge in [0.15, 0.2) is 23.0 Å². The van der Waals surface area contributed by atoms with Gasteiger partial charge in [-0.15, -0.1) is 0 Å². The number of hydrogen-bond donors (Lipinski definition) is 0. The average molecular weight is 1020 g/mol. The predicted molar refractivity (Wildman–Crippen MR) is 191 cm³/mol. The maximum atomic E-state index is 11.9. The zero-order chi connectivity index (χ0) is 31.7. The summed E-state index contributed by atoms with van der Waals surface area (Å²) in [6.07, 6.45) is 1.85. The Balaban J connectivity index is 0.000000235. The normalized spacial score (nSPS) is 11.9. The number of ether oxygens (including phenoxy) is 2. The Hall–Kier alpha value is -1.21. The molecule has 0 fully saturated rings. The predicted octanol–water partition coefficient (Wildman–Crippen LogP) is 11.7. The number of fused-ring (bicyclic) bond motifs is 2. The fourth-order valence-electron chi connectivity index (χ4n) is 4.12. The van der Waals surface area contributed by atoms with Crippen molar-refractivity contribution >= 4 is 119 Å². The van der Waals surface area contributed by atoms with Crippen molar-refractivity contribution in [3.05, 3.63) is 85.5 Å². The van der Waals surface area contributed by atoms with E-state index in [0.29, 0.717) is 29.4 Å². The van der Waals surface area contributed by atoms with Gasteiger partial charge in [0, 0.05) is 6.21 Å². The van der Waals surface area contributed by atoms with Crippen molar-refractivity contribution in [2.45, 2.75) is 34.6 Å². The van der Waals surface area contributed by atoms with Gasteiger partial charge in [-0.2, -0.15) is 0 Å². The first-order valence-corrected chi connectivity index (χ1v) is 17.3. The van der Waals surface area contributed by atoms with E-state index >= 15 is 0 Å². The van der Waals surface area contributed by atoms with Crippen molar-refractivity contribution in [1.82, 2.24) is 0 Å². The maximum Gasteiger partial charge on any atom is 2.00 e. The van der Waals surface area contributed by atoms with E-state index in [0.717, 1.165) is 17.1 Å². The fraction of sp³-hybridized carbons (Fsp3) is 0.161. The number of benzene rings is 4. The summed E-state index contributed by atoms with van der Waals surface area (Å²) in [7, 11) is 0. The summed E-state index contributed by atoms with van der Waals surface area (Å²) in [6, 6.07) is 12.4. The average Bonchev–Trinajstić information content (AvgIpc) is 2.98. The summed E-state index contributed by atoms with van der Waals surface area (Å²) in [4.78, 5) is 9.30. The number of halogens is 6. The Morgan fingerprint density at radius 2 is 0.932 bits per heavy atom. The number of para-hydroxylation sites is 2. The largest absolute Gasteiger partial charge is 2.00 e. The van der Waals surface area contributed by atoms with Gasteiger partial charge in [0.25, 0.3) is 0 Å². The fourth-order valence-corrected chi connectivity index (χ4v) is 7.21. The Morgan fingerprint density at radius 1 is 0.591 bits per heavy atom. The third-order valence-electron chi connectivity index (χ3n) is 6.35. The second kappa shape index (κ2) is 15.6. The Kier molecular flexibility index (Phi) is 13.2. The van der Waals surface area contributed by atoms with Crippen molar-refractivity contribution < 1.29 is 36.2 Å². The number of hydrogen-bond acceptors (Lipinski definition) is 6. The van der Waals surface area contributed by atoms with Crippen LogP contribution in [-0.4, -0.2) is 11.9 Å². The number of aliphatic imine (C=N–C) groups is 2. The van der Waals surface area contributed by atoms with Crippen molar-refractivity contribution in [3.63, 3.8) is 0 Å². The molecule has 0 radical (unpaired) electrons. The topological polar surface area (TPSA) is 89.3 Å². The van der Waals surface area contributed by atoms with Crippen molar-refractivity contribution in [3.8, 4) is 34.5 Å². The molecule has 0 atom stereocenters. The first-order valence-electron chi connectivity index (χ1n) is 12.6. The zero-order valence-electron chi connectivity index (χ0n) is 23.7. The van der Waals surface area contributed by atoms with E-state index in [-0.39, 0.29) is 36.9 Å². The number of rotatable bonds is 3. The molecule has 13 heteroatoms. The SMILES string of the molecule is CC(C=Nc1c(C)cccc1C)=Nc1c(C)cccc1C.[Ni+2].[O-]c1c([O-])c(Br)c2c(c1Br)Oc1c(Br)c(Br)c(Br)c(Br)c1O2. The maximum absolute atomic E-state index is 11.9. The smallest absolute Gasteiger partial charge is 0.872 e. The molecule has 0 spiro atoms. The van der Waals surface area contributed by atoms with Gasteiger partial charge in [-0.05, 0) is 152 Å². The van der Waals surface area contributed by atoms with Gasteiger partial charge < -0.3 is 19.7 Å². The monoisotopic (exact) mass is 1020 g/mol. The summed E-state index contributed by atoms with van der Waals surface area (Å²) in [5.41, 5.74) is 7.74. The Labute approximate surface area is 316 Å². The summed E-state index contributed by atoms with van der Waals surface area (Å²) in [5, 5.41) is 23.8. The summed E-state index contributed by atoms with van der Waals surface area (Å²) >= 11 is 19.8. The molecular formula is C31H22Br6N2NiO4. The summed E-state index contributed by atoms with van der Waals surface area (Å²) < 4.78 is 14.3. The number of aryl methyl sites for hydroxylation is 4. The zero-order valence-corrected chi connectivity index (χ0v) is 34.2. The van der Waals surface area contributed by atoms with Gasteiger partial charge in [-0.25, -0.2) is 0 Å². The third kappa shape index (κ3) is 7.67. The minimum absolute atomic E-state index is 0. The second-order valence-electron chi connectivity index (χ2n) is 9.55. The molecule has 5 rings (SSSR count). The van der Waals surface area contributed by atoms with Crippen LogP contribution in [0.1, 0.15) is 29.2 Å². The van der Waals surface area contributed by atoms with Crippen LogP contribution in [0.2, 0.25) is 0 Å². The van der Waals surface area contributed by atoms with E-state index in [9.17, 15) is 10.2 Å². The molecule has 0 aliphatic carbocycles. The standard InChI is InChI=1S/C19H22N2.C12H2Br6O4.Ni/c1-13-8-6-9-14(2)18(13)20-12-17(5)21-19-15(3)10-7-11-16(19)4;13-1-2(14)4(16)10-9(3(1)15)21-11-5(17)7(19)8(20)6(18)12(11)22-10;/h6-12H,1-5H3;19-20H;/q;;+2/p-2. The van der Waals surface area contributed by atoms with Gasteiger partial charge in [-0.3, -0.25) is 9.98 Å². The van der Waals surface area contributed by atoms with Crippen molar-refractivity contribution in [2.24, 2.45) is 9.98 Å². The Bertz CT molecular complexity index is 1650. The molecule has 44 heavy (non-hydrogen) atoms. The van der Waals surface area contributed by atoms with Crippen LogP contribution in [0.4, 0.5) is 11.4 Å². The molecule has 1 heterocycles. The molecule has 1 aliphatic heterocycles. The molecule has 0 N–H and O–H groups in total. The van der Waals surface area contributed by atoms with Crippen molar-refractivity contribution in [2.75, 3.05) is 0 Å². The van der Waals surface area contributed by atoms with Gasteiger partial charge in [0.1, 0.15) is 0 Å². The van der Waals surface area contributed by atoms with E-state index < -0.39 is 11.5 Å². The first kappa shape index (κ1) is 37.3. The molecule has 232 valence electrons. The van der Waals surface area contributed by atoms with E-state index in [1.165, 1.54) is 22.3 Å². The van der Waals surface area contributed by atoms with Crippen molar-refractivity contribution in [1.29, 1.82) is 0 Å². The van der Waals surface area contributed by atoms with Crippen LogP contribution in [0.15, 0.2) is 73.2 Å². The van der Waals surface area contributed by atoms with Crippen LogP contribution in [0.5, 0.6) is 34.5 Å². The van der Waals surface area contributed by atoms with Crippen LogP contribution in [0.25, 0.3) is 0 Å². The molecule has 6 nitrogen and oxygen atoms in total. The van der Waals surface area contributed by atoms with Crippen LogP contribution in [0, 0.1) is 27.7 Å². The van der Waals surface area contributed by atoms with Crippen LogP contribution in [-0.2, 0) is 16.5 Å². The Morgan fingerprint density at radius 3 is 1.32 bits per heavy atom. The number of nitrogens with zero attached hydrogens (tertiary/aromatic N) is 2. The van der Waals surface area contributed by atoms with E-state index in [1.807, 2.05) is 13.1 Å². The minimum Gasteiger partial charge on any atom is -0.872 e. The molecule has 0 saturated heterocycles. The molecule has 4 aromatic rings. The molecule has 0 unspecified atom stereocenters. The van der Waals surface area contributed by atoms with Gasteiger partial charge in [0.05, 0.1) is 43.9 Å². The van der Waals surface area contributed by atoms with Gasteiger partial charge in [0.2, 0.25) is 0 Å². The van der Waals surface area contributed by atoms with Gasteiger partial charge >= 0.3 is 16.5 Å². The molecular weight excluding hydrogens is 1000 g/mol. The minimum atomic E-state index is -0.705. The third-order valence-corrected chi connectivity index (χ3v) is 12.5. The molecule has 0 amide bonds. The van der Waals surface area contributed by atoms with Crippen LogP contribution in [0.3, 0.4) is 0 Å². The van der Waals surface area contributed by atoms with Gasteiger partial charge in [-0.1, -0.05) is 47.9 Å². The molecule has 4 aromatic carbocycles. The van der Waals surface area contributed by atoms with Crippen LogP contribution >= 0.6 is 95.6 Å².